The number of aliphatic imine (C=N–C) groups is 1. The first kappa shape index (κ1) is 13.5. The SMILES string of the molecule is C=C/C=C(\N=C)C1(Nc2ccc3cccnc3c2)COC1. The lowest BCUT2D eigenvalue weighted by molar-refractivity contribution is -0.0231. The number of nitrogens with one attached hydrogen (secondary N) is 1. The third kappa shape index (κ3) is 2.45. The summed E-state index contributed by atoms with van der Waals surface area (Å²) in [5, 5.41) is 4.62. The highest BCUT2D eigenvalue weighted by Gasteiger charge is 2.42. The van der Waals surface area contributed by atoms with E-state index in [2.05, 4.69) is 34.7 Å². The Kier molecular flexibility index (Phi) is 3.54. The zero-order chi connectivity index (χ0) is 14.7. The van der Waals surface area contributed by atoms with Crippen molar-refractivity contribution in [2.75, 3.05) is 18.5 Å². The topological polar surface area (TPSA) is 46.5 Å². The third-order valence-corrected chi connectivity index (χ3v) is 3.62. The second-order valence-corrected chi connectivity index (χ2v) is 5.06. The van der Waals surface area contributed by atoms with Gasteiger partial charge in [0.15, 0.2) is 0 Å². The summed E-state index contributed by atoms with van der Waals surface area (Å²) >= 11 is 0. The van der Waals surface area contributed by atoms with Gasteiger partial charge in [0.1, 0.15) is 5.54 Å². The molecular formula is C17H17N3O. The molecule has 21 heavy (non-hydrogen) atoms. The molecule has 2 heterocycles. The fourth-order valence-electron chi connectivity index (χ4n) is 2.49. The van der Waals surface area contributed by atoms with Crippen molar-refractivity contribution in [2.45, 2.75) is 5.54 Å². The molecule has 0 radical (unpaired) electrons. The Morgan fingerprint density at radius 1 is 1.38 bits per heavy atom. The average Bonchev–Trinajstić information content (AvgIpc) is 2.49. The number of pyridine rings is 1. The molecule has 0 saturated carbocycles. The smallest absolute Gasteiger partial charge is 0.127 e. The predicted molar refractivity (Wildman–Crippen MR) is 86.7 cm³/mol. The minimum Gasteiger partial charge on any atom is -0.376 e. The normalized spacial score (nSPS) is 17.0. The van der Waals surface area contributed by atoms with E-state index in [0.717, 1.165) is 22.3 Å². The molecule has 1 aliphatic rings. The molecule has 3 rings (SSSR count). The highest BCUT2D eigenvalue weighted by molar-refractivity contribution is 5.82. The molecule has 0 bridgehead atoms. The molecule has 1 N–H and O–H groups in total. The number of hydrogen-bond acceptors (Lipinski definition) is 4. The van der Waals surface area contributed by atoms with Crippen LogP contribution in [-0.2, 0) is 4.74 Å². The molecule has 1 aromatic carbocycles. The fraction of sp³-hybridized carbons (Fsp3) is 0.176. The van der Waals surface area contributed by atoms with E-state index in [1.165, 1.54) is 0 Å². The van der Waals surface area contributed by atoms with Crippen LogP contribution in [0.25, 0.3) is 10.9 Å². The van der Waals surface area contributed by atoms with Gasteiger partial charge in [0.25, 0.3) is 0 Å². The number of rotatable bonds is 5. The van der Waals surface area contributed by atoms with Gasteiger partial charge in [-0.2, -0.15) is 0 Å². The van der Waals surface area contributed by atoms with Crippen molar-refractivity contribution in [1.82, 2.24) is 4.98 Å². The summed E-state index contributed by atoms with van der Waals surface area (Å²) in [7, 11) is 0. The molecule has 4 heteroatoms. The summed E-state index contributed by atoms with van der Waals surface area (Å²) in [6, 6.07) is 10.1. The van der Waals surface area contributed by atoms with Crippen LogP contribution in [-0.4, -0.2) is 30.5 Å². The van der Waals surface area contributed by atoms with Crippen LogP contribution >= 0.6 is 0 Å². The zero-order valence-electron chi connectivity index (χ0n) is 11.7. The molecule has 1 aromatic heterocycles. The lowest BCUT2D eigenvalue weighted by atomic mass is 9.92. The summed E-state index contributed by atoms with van der Waals surface area (Å²) in [4.78, 5) is 8.49. The van der Waals surface area contributed by atoms with Crippen LogP contribution < -0.4 is 5.32 Å². The molecule has 0 atom stereocenters. The van der Waals surface area contributed by atoms with Gasteiger partial charge in [-0.3, -0.25) is 9.98 Å². The number of nitrogens with zero attached hydrogens (tertiary/aromatic N) is 2. The van der Waals surface area contributed by atoms with Crippen molar-refractivity contribution in [3.8, 4) is 0 Å². The van der Waals surface area contributed by atoms with Crippen LogP contribution in [0, 0.1) is 0 Å². The lowest BCUT2D eigenvalue weighted by Crippen LogP contribution is -2.57. The Balaban J connectivity index is 1.94. The molecule has 1 fully saturated rings. The van der Waals surface area contributed by atoms with E-state index in [0.29, 0.717) is 13.2 Å². The first-order valence-corrected chi connectivity index (χ1v) is 6.78. The van der Waals surface area contributed by atoms with Crippen molar-refractivity contribution in [3.63, 3.8) is 0 Å². The van der Waals surface area contributed by atoms with Gasteiger partial charge in [0, 0.05) is 17.3 Å². The molecule has 0 aliphatic carbocycles. The summed E-state index contributed by atoms with van der Waals surface area (Å²) in [6.07, 6.45) is 5.37. The van der Waals surface area contributed by atoms with Crippen LogP contribution in [0.2, 0.25) is 0 Å². The molecule has 2 aromatic rings. The van der Waals surface area contributed by atoms with Crippen LogP contribution in [0.5, 0.6) is 0 Å². The summed E-state index contributed by atoms with van der Waals surface area (Å²) in [5.74, 6) is 0. The van der Waals surface area contributed by atoms with E-state index >= 15 is 0 Å². The maximum Gasteiger partial charge on any atom is 0.127 e. The van der Waals surface area contributed by atoms with Gasteiger partial charge in [-0.15, -0.1) is 0 Å². The number of ether oxygens (including phenoxy) is 1. The Hall–Kier alpha value is -2.46. The molecule has 1 aliphatic heterocycles. The van der Waals surface area contributed by atoms with Gasteiger partial charge in [0.2, 0.25) is 0 Å². The van der Waals surface area contributed by atoms with E-state index in [9.17, 15) is 0 Å². The highest BCUT2D eigenvalue weighted by Crippen LogP contribution is 2.32. The monoisotopic (exact) mass is 279 g/mol. The van der Waals surface area contributed by atoms with Crippen molar-refractivity contribution in [3.05, 3.63) is 61.0 Å². The Labute approximate surface area is 123 Å². The second-order valence-electron chi connectivity index (χ2n) is 5.06. The van der Waals surface area contributed by atoms with Gasteiger partial charge < -0.3 is 10.1 Å². The lowest BCUT2D eigenvalue weighted by Gasteiger charge is -2.43. The van der Waals surface area contributed by atoms with Crippen molar-refractivity contribution in [2.24, 2.45) is 4.99 Å². The highest BCUT2D eigenvalue weighted by atomic mass is 16.5. The molecule has 4 nitrogen and oxygen atoms in total. The maximum absolute atomic E-state index is 5.39. The van der Waals surface area contributed by atoms with Gasteiger partial charge in [-0.25, -0.2) is 0 Å². The Morgan fingerprint density at radius 3 is 2.90 bits per heavy atom. The largest absolute Gasteiger partial charge is 0.376 e. The zero-order valence-corrected chi connectivity index (χ0v) is 11.7. The molecule has 0 amide bonds. The van der Waals surface area contributed by atoms with Gasteiger partial charge in [0.05, 0.1) is 24.4 Å². The number of aromatic nitrogens is 1. The quantitative estimate of drug-likeness (QED) is 0.675. The second kappa shape index (κ2) is 5.50. The first-order chi connectivity index (χ1) is 10.3. The molecule has 0 spiro atoms. The van der Waals surface area contributed by atoms with Crippen LogP contribution in [0.15, 0.2) is 65.9 Å². The number of fused-ring (bicyclic) bond motifs is 1. The first-order valence-electron chi connectivity index (χ1n) is 6.78. The van der Waals surface area contributed by atoms with Crippen LogP contribution in [0.4, 0.5) is 5.69 Å². The molecule has 0 unspecified atom stereocenters. The van der Waals surface area contributed by atoms with E-state index in [4.69, 9.17) is 4.74 Å². The minimum absolute atomic E-state index is 0.335. The predicted octanol–water partition coefficient (Wildman–Crippen LogP) is 3.19. The van der Waals surface area contributed by atoms with Crippen LogP contribution in [0.3, 0.4) is 0 Å². The fourth-order valence-corrected chi connectivity index (χ4v) is 2.49. The number of allylic oxidation sites excluding steroid dienone is 2. The number of benzene rings is 1. The Bertz CT molecular complexity index is 717. The van der Waals surface area contributed by atoms with Crippen molar-refractivity contribution >= 4 is 23.3 Å². The van der Waals surface area contributed by atoms with E-state index in [1.807, 2.05) is 30.3 Å². The Morgan fingerprint density at radius 2 is 2.24 bits per heavy atom. The number of anilines is 1. The average molecular weight is 279 g/mol. The van der Waals surface area contributed by atoms with Crippen molar-refractivity contribution < 1.29 is 4.74 Å². The summed E-state index contributed by atoms with van der Waals surface area (Å²) < 4.78 is 5.39. The van der Waals surface area contributed by atoms with E-state index in [-0.39, 0.29) is 5.54 Å². The summed E-state index contributed by atoms with van der Waals surface area (Å²) in [6.45, 7) is 8.49. The van der Waals surface area contributed by atoms with Gasteiger partial charge in [-0.1, -0.05) is 24.8 Å². The molecule has 1 saturated heterocycles. The third-order valence-electron chi connectivity index (χ3n) is 3.62. The van der Waals surface area contributed by atoms with Crippen molar-refractivity contribution in [1.29, 1.82) is 0 Å². The summed E-state index contributed by atoms with van der Waals surface area (Å²) in [5.41, 5.74) is 2.45. The van der Waals surface area contributed by atoms with Gasteiger partial charge in [-0.05, 0) is 31.0 Å². The standard InChI is InChI=1S/C17H17N3O/c1-3-5-16(18-2)17(11-21-12-17)20-14-8-7-13-6-4-9-19-15(13)10-14/h3-10,20H,1-2,11-12H2/b16-5-. The van der Waals surface area contributed by atoms with E-state index in [1.54, 1.807) is 12.3 Å². The van der Waals surface area contributed by atoms with Crippen LogP contribution in [0.1, 0.15) is 0 Å². The molecular weight excluding hydrogens is 262 g/mol. The number of hydrogen-bond donors (Lipinski definition) is 1. The van der Waals surface area contributed by atoms with E-state index < -0.39 is 0 Å². The minimum atomic E-state index is -0.335. The van der Waals surface area contributed by atoms with Gasteiger partial charge >= 0.3 is 0 Å². The maximum atomic E-state index is 5.39. The molecule has 106 valence electrons.